The molecule has 0 bridgehead atoms. The number of rotatable bonds is 6. The second kappa shape index (κ2) is 9.97. The van der Waals surface area contributed by atoms with E-state index in [1.807, 2.05) is 24.4 Å². The average Bonchev–Trinajstić information content (AvgIpc) is 3.34. The third-order valence-corrected chi connectivity index (χ3v) is 6.24. The highest BCUT2D eigenvalue weighted by Crippen LogP contribution is 2.23. The largest absolute Gasteiger partial charge is 0.349 e. The molecule has 0 radical (unpaired) electrons. The van der Waals surface area contributed by atoms with Crippen molar-refractivity contribution in [2.75, 3.05) is 13.1 Å². The van der Waals surface area contributed by atoms with Gasteiger partial charge in [-0.2, -0.15) is 5.10 Å². The number of H-pyrrole nitrogens is 1. The van der Waals surface area contributed by atoms with E-state index in [-0.39, 0.29) is 17.8 Å². The lowest BCUT2D eigenvalue weighted by atomic mass is 10.0. The molecule has 1 saturated heterocycles. The Labute approximate surface area is 197 Å². The number of nitrogens with one attached hydrogen (secondary N) is 2. The maximum absolute atomic E-state index is 13.5. The smallest absolute Gasteiger partial charge is 0.253 e. The summed E-state index contributed by atoms with van der Waals surface area (Å²) in [6.45, 7) is 2.63. The third kappa shape index (κ3) is 5.05. The van der Waals surface area contributed by atoms with Crippen molar-refractivity contribution >= 4 is 5.91 Å². The number of aromatic amines is 1. The predicted molar refractivity (Wildman–Crippen MR) is 129 cm³/mol. The lowest BCUT2D eigenvalue weighted by Crippen LogP contribution is -2.44. The van der Waals surface area contributed by atoms with Crippen molar-refractivity contribution in [2.24, 2.45) is 0 Å². The van der Waals surface area contributed by atoms with Gasteiger partial charge in [0.1, 0.15) is 5.82 Å². The molecule has 7 heteroatoms. The van der Waals surface area contributed by atoms with Crippen LogP contribution in [0.4, 0.5) is 4.39 Å². The fourth-order valence-electron chi connectivity index (χ4n) is 4.38. The Morgan fingerprint density at radius 3 is 2.53 bits per heavy atom. The number of likely N-dealkylation sites (tertiary alicyclic amines) is 1. The molecule has 1 aliphatic heterocycles. The molecule has 5 rings (SSSR count). The number of pyridine rings is 1. The van der Waals surface area contributed by atoms with Gasteiger partial charge in [-0.05, 0) is 42.7 Å². The number of carbonyl (C=O) groups is 1. The first-order valence-electron chi connectivity index (χ1n) is 11.5. The van der Waals surface area contributed by atoms with Crippen LogP contribution in [0.25, 0.3) is 22.5 Å². The summed E-state index contributed by atoms with van der Waals surface area (Å²) in [6, 6.07) is 20.1. The Kier molecular flexibility index (Phi) is 6.44. The predicted octanol–water partition coefficient (Wildman–Crippen LogP) is 4.67. The van der Waals surface area contributed by atoms with Crippen molar-refractivity contribution in [3.05, 3.63) is 96.1 Å². The minimum atomic E-state index is -0.309. The van der Waals surface area contributed by atoms with Crippen LogP contribution in [0.5, 0.6) is 0 Å². The Morgan fingerprint density at radius 2 is 1.79 bits per heavy atom. The molecule has 3 heterocycles. The molecule has 0 saturated carbocycles. The number of nitrogens with zero attached hydrogens (tertiary/aromatic N) is 3. The minimum absolute atomic E-state index is 0.127. The van der Waals surface area contributed by atoms with Gasteiger partial charge in [0, 0.05) is 43.0 Å². The standard InChI is InChI=1S/C27H26FN5O/c28-23-8-4-7-20(15-23)25-10-9-21(16-29-25)27(34)31-24-11-13-33(14-12-24)18-22-17-30-32-26(22)19-5-2-1-3-6-19/h1-10,15-17,24H,11-14,18H2,(H,30,32)(H,31,34). The first-order valence-corrected chi connectivity index (χ1v) is 11.5. The van der Waals surface area contributed by atoms with Gasteiger partial charge in [0.25, 0.3) is 5.91 Å². The molecule has 0 atom stereocenters. The quantitative estimate of drug-likeness (QED) is 0.443. The molecule has 0 unspecified atom stereocenters. The Hall–Kier alpha value is -3.84. The maximum Gasteiger partial charge on any atom is 0.253 e. The van der Waals surface area contributed by atoms with Crippen LogP contribution in [0.1, 0.15) is 28.8 Å². The normalized spacial score (nSPS) is 14.7. The second-order valence-electron chi connectivity index (χ2n) is 8.60. The highest BCUT2D eigenvalue weighted by atomic mass is 19.1. The molecule has 34 heavy (non-hydrogen) atoms. The summed E-state index contributed by atoms with van der Waals surface area (Å²) in [4.78, 5) is 19.5. The van der Waals surface area contributed by atoms with Gasteiger partial charge in [-0.25, -0.2) is 4.39 Å². The molecule has 1 amide bonds. The van der Waals surface area contributed by atoms with Crippen LogP contribution in [0.15, 0.2) is 79.1 Å². The molecule has 4 aromatic rings. The molecule has 2 aromatic carbocycles. The lowest BCUT2D eigenvalue weighted by molar-refractivity contribution is 0.0908. The van der Waals surface area contributed by atoms with Gasteiger partial charge < -0.3 is 5.32 Å². The summed E-state index contributed by atoms with van der Waals surface area (Å²) in [5.41, 5.74) is 5.21. The van der Waals surface area contributed by atoms with Crippen molar-refractivity contribution in [1.82, 2.24) is 25.4 Å². The number of halogens is 1. The van der Waals surface area contributed by atoms with Crippen molar-refractivity contribution in [3.63, 3.8) is 0 Å². The van der Waals surface area contributed by atoms with Crippen LogP contribution in [-0.4, -0.2) is 45.1 Å². The first-order chi connectivity index (χ1) is 16.7. The van der Waals surface area contributed by atoms with Gasteiger partial charge in [-0.3, -0.25) is 19.8 Å². The summed E-state index contributed by atoms with van der Waals surface area (Å²) in [7, 11) is 0. The molecule has 6 nitrogen and oxygen atoms in total. The topological polar surface area (TPSA) is 73.9 Å². The van der Waals surface area contributed by atoms with Gasteiger partial charge >= 0.3 is 0 Å². The van der Waals surface area contributed by atoms with E-state index >= 15 is 0 Å². The van der Waals surface area contributed by atoms with E-state index in [9.17, 15) is 9.18 Å². The molecular weight excluding hydrogens is 429 g/mol. The van der Waals surface area contributed by atoms with Crippen LogP contribution in [0.3, 0.4) is 0 Å². The van der Waals surface area contributed by atoms with Crippen LogP contribution in [-0.2, 0) is 6.54 Å². The lowest BCUT2D eigenvalue weighted by Gasteiger charge is -2.32. The molecule has 172 valence electrons. The highest BCUT2D eigenvalue weighted by Gasteiger charge is 2.22. The van der Waals surface area contributed by atoms with Gasteiger partial charge in [-0.1, -0.05) is 42.5 Å². The van der Waals surface area contributed by atoms with Gasteiger partial charge in [0.2, 0.25) is 0 Å². The van der Waals surface area contributed by atoms with Crippen LogP contribution < -0.4 is 5.32 Å². The number of hydrogen-bond acceptors (Lipinski definition) is 4. The van der Waals surface area contributed by atoms with E-state index in [4.69, 9.17) is 0 Å². The summed E-state index contributed by atoms with van der Waals surface area (Å²) < 4.78 is 13.5. The molecule has 2 aromatic heterocycles. The van der Waals surface area contributed by atoms with Crippen LogP contribution >= 0.6 is 0 Å². The number of aromatic nitrogens is 3. The van der Waals surface area contributed by atoms with E-state index in [0.717, 1.165) is 43.7 Å². The maximum atomic E-state index is 13.5. The highest BCUT2D eigenvalue weighted by molar-refractivity contribution is 5.94. The molecule has 1 fully saturated rings. The summed E-state index contributed by atoms with van der Waals surface area (Å²) in [5, 5.41) is 10.5. The van der Waals surface area contributed by atoms with E-state index in [1.165, 1.54) is 17.7 Å². The number of carbonyl (C=O) groups excluding carboxylic acids is 1. The van der Waals surface area contributed by atoms with Gasteiger partial charge in [0.05, 0.1) is 23.1 Å². The zero-order valence-corrected chi connectivity index (χ0v) is 18.7. The molecular formula is C27H26FN5O. The molecule has 0 spiro atoms. The van der Waals surface area contributed by atoms with Crippen molar-refractivity contribution in [2.45, 2.75) is 25.4 Å². The number of benzene rings is 2. The fourth-order valence-corrected chi connectivity index (χ4v) is 4.38. The second-order valence-corrected chi connectivity index (χ2v) is 8.60. The van der Waals surface area contributed by atoms with Gasteiger partial charge in [0.15, 0.2) is 0 Å². The van der Waals surface area contributed by atoms with Crippen molar-refractivity contribution in [1.29, 1.82) is 0 Å². The van der Waals surface area contributed by atoms with E-state index < -0.39 is 0 Å². The molecule has 1 aliphatic rings. The Balaban J connectivity index is 1.14. The van der Waals surface area contributed by atoms with Crippen molar-refractivity contribution < 1.29 is 9.18 Å². The van der Waals surface area contributed by atoms with Gasteiger partial charge in [-0.15, -0.1) is 0 Å². The van der Waals surface area contributed by atoms with E-state index in [0.29, 0.717) is 16.8 Å². The SMILES string of the molecule is O=C(NC1CCN(Cc2cn[nH]c2-c2ccccc2)CC1)c1ccc(-c2cccc(F)c2)nc1. The third-order valence-electron chi connectivity index (χ3n) is 6.24. The summed E-state index contributed by atoms with van der Waals surface area (Å²) in [6.07, 6.45) is 5.23. The van der Waals surface area contributed by atoms with Crippen molar-refractivity contribution in [3.8, 4) is 22.5 Å². The number of piperidine rings is 1. The number of amides is 1. The van der Waals surface area contributed by atoms with E-state index in [2.05, 4.69) is 37.5 Å². The van der Waals surface area contributed by atoms with Crippen LogP contribution in [0, 0.1) is 5.82 Å². The Bertz CT molecular complexity index is 1250. The Morgan fingerprint density at radius 1 is 1.00 bits per heavy atom. The monoisotopic (exact) mass is 455 g/mol. The fraction of sp³-hybridized carbons (Fsp3) is 0.222. The zero-order chi connectivity index (χ0) is 23.3. The average molecular weight is 456 g/mol. The van der Waals surface area contributed by atoms with E-state index in [1.54, 1.807) is 30.5 Å². The minimum Gasteiger partial charge on any atom is -0.349 e. The summed E-state index contributed by atoms with van der Waals surface area (Å²) >= 11 is 0. The van der Waals surface area contributed by atoms with Crippen LogP contribution in [0.2, 0.25) is 0 Å². The zero-order valence-electron chi connectivity index (χ0n) is 18.7. The summed E-state index contributed by atoms with van der Waals surface area (Å²) in [5.74, 6) is -0.436. The molecule has 0 aliphatic carbocycles. The molecule has 2 N–H and O–H groups in total. The number of hydrogen-bond donors (Lipinski definition) is 2. The first kappa shape index (κ1) is 22.0.